The van der Waals surface area contributed by atoms with Gasteiger partial charge in [0.1, 0.15) is 5.69 Å². The summed E-state index contributed by atoms with van der Waals surface area (Å²) < 4.78 is 35.9. The van der Waals surface area contributed by atoms with Crippen LogP contribution in [0.25, 0.3) is 22.2 Å². The van der Waals surface area contributed by atoms with Crippen LogP contribution in [0, 0.1) is 0 Å². The summed E-state index contributed by atoms with van der Waals surface area (Å²) in [6, 6.07) is 6.34. The molecule has 13 heteroatoms. The average molecular weight is 552 g/mol. The lowest BCUT2D eigenvalue weighted by molar-refractivity contribution is -0.121. The van der Waals surface area contributed by atoms with Crippen molar-refractivity contribution in [2.75, 3.05) is 44.4 Å². The van der Waals surface area contributed by atoms with Gasteiger partial charge in [-0.05, 0) is 32.1 Å². The maximum atomic E-state index is 14.5. The lowest BCUT2D eigenvalue weighted by Crippen LogP contribution is -2.46. The Bertz CT molecular complexity index is 1550. The van der Waals surface area contributed by atoms with E-state index in [1.165, 1.54) is 7.11 Å². The van der Waals surface area contributed by atoms with E-state index >= 15 is 0 Å². The highest BCUT2D eigenvalue weighted by atomic mass is 19.3. The van der Waals surface area contributed by atoms with E-state index in [0.717, 1.165) is 23.9 Å². The molecule has 210 valence electrons. The number of halogens is 2. The number of anilines is 3. The highest BCUT2D eigenvalue weighted by Gasteiger charge is 2.50. The molecule has 0 saturated carbocycles. The molecule has 4 aromatic rings. The van der Waals surface area contributed by atoms with E-state index in [1.807, 2.05) is 25.4 Å². The van der Waals surface area contributed by atoms with E-state index in [9.17, 15) is 13.6 Å². The van der Waals surface area contributed by atoms with Crippen LogP contribution in [0.4, 0.5) is 26.1 Å². The molecule has 2 saturated heterocycles. The molecular formula is C27H31F2N9O2. The van der Waals surface area contributed by atoms with Crippen molar-refractivity contribution < 1.29 is 18.3 Å². The van der Waals surface area contributed by atoms with Gasteiger partial charge < -0.3 is 25.3 Å². The number of para-hydroxylation sites is 1. The van der Waals surface area contributed by atoms with Gasteiger partial charge in [0.25, 0.3) is 11.8 Å². The Labute approximate surface area is 229 Å². The molecule has 0 radical (unpaired) electrons. The van der Waals surface area contributed by atoms with Crippen LogP contribution < -0.4 is 15.4 Å². The number of aryl methyl sites for hydroxylation is 1. The number of carbonyl (C=O) groups excluding carboxylic acids is 1. The Balaban J connectivity index is 1.25. The van der Waals surface area contributed by atoms with Crippen molar-refractivity contribution in [3.8, 4) is 17.1 Å². The maximum absolute atomic E-state index is 14.5. The Morgan fingerprint density at radius 2 is 2.08 bits per heavy atom. The fraction of sp³-hybridized carbons (Fsp3) is 0.407. The number of benzene rings is 1. The Hall–Kier alpha value is -4.10. The number of rotatable bonds is 7. The molecule has 2 aliphatic rings. The first kappa shape index (κ1) is 26.1. The van der Waals surface area contributed by atoms with Crippen LogP contribution in [0.1, 0.15) is 12.8 Å². The summed E-state index contributed by atoms with van der Waals surface area (Å²) in [5.74, 6) is -2.54. The van der Waals surface area contributed by atoms with Crippen molar-refractivity contribution in [2.24, 2.45) is 7.05 Å². The van der Waals surface area contributed by atoms with E-state index in [2.05, 4.69) is 35.6 Å². The second kappa shape index (κ2) is 10.1. The monoisotopic (exact) mass is 551 g/mol. The second-order valence-corrected chi connectivity index (χ2v) is 10.5. The SMILES string of the molecule is COc1nn(C)cc1Nc1nccc(-c2c[nH]c3c(NC(=O)C4CC(F)(F)CN4[C@H]4CCN(C)C4)cccc23)n1. The van der Waals surface area contributed by atoms with Crippen LogP contribution in [-0.2, 0) is 11.8 Å². The van der Waals surface area contributed by atoms with Crippen molar-refractivity contribution in [2.45, 2.75) is 30.8 Å². The molecule has 40 heavy (non-hydrogen) atoms. The fourth-order valence-corrected chi connectivity index (χ4v) is 5.73. The first-order valence-corrected chi connectivity index (χ1v) is 13.1. The number of nitrogens with zero attached hydrogens (tertiary/aromatic N) is 6. The Kier molecular flexibility index (Phi) is 6.62. The number of H-pyrrole nitrogens is 1. The standard InChI is InChI=1S/C27H31F2N9O2/c1-36-10-8-16(13-36)38-15-27(28,29)11-22(38)24(39)32-20-6-4-5-17-18(12-31-23(17)20)19-7-9-30-26(33-19)34-21-14-37(2)35-25(21)40-3/h4-7,9,12,14,16,22,31H,8,10-11,13,15H2,1-3H3,(H,32,39)(H,30,33,34)/t16-,22?/m0/s1. The van der Waals surface area contributed by atoms with Gasteiger partial charge in [-0.1, -0.05) is 12.1 Å². The van der Waals surface area contributed by atoms with Crippen molar-refractivity contribution in [1.82, 2.24) is 34.5 Å². The number of aromatic nitrogens is 5. The topological polar surface area (TPSA) is 116 Å². The van der Waals surface area contributed by atoms with E-state index in [4.69, 9.17) is 4.74 Å². The smallest absolute Gasteiger partial charge is 0.262 e. The summed E-state index contributed by atoms with van der Waals surface area (Å²) in [4.78, 5) is 29.4. The van der Waals surface area contributed by atoms with E-state index in [0.29, 0.717) is 41.0 Å². The molecule has 0 bridgehead atoms. The highest BCUT2D eigenvalue weighted by molar-refractivity contribution is 6.06. The average Bonchev–Trinajstić information content (AvgIpc) is 3.69. The second-order valence-electron chi connectivity index (χ2n) is 10.5. The quantitative estimate of drug-likeness (QED) is 0.320. The number of likely N-dealkylation sites (tertiary alicyclic amines) is 2. The maximum Gasteiger partial charge on any atom is 0.262 e. The van der Waals surface area contributed by atoms with Gasteiger partial charge in [-0.3, -0.25) is 14.4 Å². The molecular weight excluding hydrogens is 520 g/mol. The molecule has 11 nitrogen and oxygen atoms in total. The minimum atomic E-state index is -2.90. The van der Waals surface area contributed by atoms with Gasteiger partial charge >= 0.3 is 0 Å². The molecule has 2 atom stereocenters. The van der Waals surface area contributed by atoms with Crippen LogP contribution in [0.5, 0.6) is 5.88 Å². The van der Waals surface area contributed by atoms with Crippen molar-refractivity contribution in [1.29, 1.82) is 0 Å². The van der Waals surface area contributed by atoms with Gasteiger partial charge in [-0.2, -0.15) is 0 Å². The van der Waals surface area contributed by atoms with Crippen LogP contribution in [0.3, 0.4) is 0 Å². The zero-order chi connectivity index (χ0) is 28.0. The Morgan fingerprint density at radius 3 is 2.85 bits per heavy atom. The molecule has 0 aliphatic carbocycles. The summed E-state index contributed by atoms with van der Waals surface area (Å²) in [5, 5.41) is 11.1. The Morgan fingerprint density at radius 1 is 1.23 bits per heavy atom. The molecule has 5 heterocycles. The number of hydrogen-bond acceptors (Lipinski definition) is 8. The first-order chi connectivity index (χ1) is 19.2. The summed E-state index contributed by atoms with van der Waals surface area (Å²) in [6.45, 7) is 1.12. The molecule has 1 aromatic carbocycles. The molecule has 1 amide bonds. The number of hydrogen-bond donors (Lipinski definition) is 3. The third-order valence-electron chi connectivity index (χ3n) is 7.58. The van der Waals surface area contributed by atoms with Gasteiger partial charge in [0.15, 0.2) is 0 Å². The van der Waals surface area contributed by atoms with Crippen LogP contribution >= 0.6 is 0 Å². The largest absolute Gasteiger partial charge is 0.478 e. The number of aromatic amines is 1. The lowest BCUT2D eigenvalue weighted by atomic mass is 10.1. The van der Waals surface area contributed by atoms with E-state index in [-0.39, 0.29) is 6.04 Å². The summed E-state index contributed by atoms with van der Waals surface area (Å²) in [7, 11) is 5.30. The molecule has 2 fully saturated rings. The van der Waals surface area contributed by atoms with Gasteiger partial charge in [-0.25, -0.2) is 18.7 Å². The minimum Gasteiger partial charge on any atom is -0.478 e. The normalized spacial score (nSPS) is 21.2. The van der Waals surface area contributed by atoms with E-state index in [1.54, 1.807) is 41.2 Å². The minimum absolute atomic E-state index is 0.0609. The molecule has 6 rings (SSSR count). The van der Waals surface area contributed by atoms with E-state index < -0.39 is 30.8 Å². The van der Waals surface area contributed by atoms with Gasteiger partial charge in [-0.15, -0.1) is 5.10 Å². The molecule has 3 aromatic heterocycles. The number of ether oxygens (including phenoxy) is 1. The lowest BCUT2D eigenvalue weighted by Gasteiger charge is -2.29. The fourth-order valence-electron chi connectivity index (χ4n) is 5.73. The molecule has 1 unspecified atom stereocenters. The summed E-state index contributed by atoms with van der Waals surface area (Å²) in [6.07, 6.45) is 5.51. The van der Waals surface area contributed by atoms with Crippen LogP contribution in [0.2, 0.25) is 0 Å². The number of alkyl halides is 2. The molecule has 0 spiro atoms. The number of carbonyl (C=O) groups is 1. The van der Waals surface area contributed by atoms with Gasteiger partial charge in [0.2, 0.25) is 11.9 Å². The molecule has 2 aliphatic heterocycles. The van der Waals surface area contributed by atoms with Gasteiger partial charge in [0.05, 0.1) is 42.8 Å². The van der Waals surface area contributed by atoms with Crippen molar-refractivity contribution in [3.63, 3.8) is 0 Å². The van der Waals surface area contributed by atoms with Crippen molar-refractivity contribution >= 4 is 34.1 Å². The number of amides is 1. The number of fused-ring (bicyclic) bond motifs is 1. The first-order valence-electron chi connectivity index (χ1n) is 13.1. The third-order valence-corrected chi connectivity index (χ3v) is 7.58. The summed E-state index contributed by atoms with van der Waals surface area (Å²) in [5.41, 5.74) is 3.30. The summed E-state index contributed by atoms with van der Waals surface area (Å²) >= 11 is 0. The molecule has 3 N–H and O–H groups in total. The number of nitrogens with one attached hydrogen (secondary N) is 3. The highest BCUT2D eigenvalue weighted by Crippen LogP contribution is 2.37. The zero-order valence-electron chi connectivity index (χ0n) is 22.5. The van der Waals surface area contributed by atoms with Crippen LogP contribution in [0.15, 0.2) is 42.9 Å². The van der Waals surface area contributed by atoms with Crippen LogP contribution in [-0.4, -0.2) is 92.2 Å². The number of likely N-dealkylation sites (N-methyl/N-ethyl adjacent to an activating group) is 1. The predicted octanol–water partition coefficient (Wildman–Crippen LogP) is 3.46. The zero-order valence-corrected chi connectivity index (χ0v) is 22.5. The third kappa shape index (κ3) is 4.97. The van der Waals surface area contributed by atoms with Gasteiger partial charge in [0, 0.05) is 49.4 Å². The number of methoxy groups -OCH3 is 1. The van der Waals surface area contributed by atoms with Crippen molar-refractivity contribution in [3.05, 3.63) is 42.9 Å². The predicted molar refractivity (Wildman–Crippen MR) is 147 cm³/mol.